The number of para-hydroxylation sites is 4. The summed E-state index contributed by atoms with van der Waals surface area (Å²) in [6.45, 7) is 8.35. The van der Waals surface area contributed by atoms with Crippen LogP contribution in [0.25, 0.3) is 76.9 Å². The maximum atomic E-state index is 7.02. The van der Waals surface area contributed by atoms with E-state index in [9.17, 15) is 0 Å². The Balaban J connectivity index is 0.00000213. The van der Waals surface area contributed by atoms with Crippen molar-refractivity contribution in [2.24, 2.45) is 15.0 Å². The molecule has 3 aromatic heterocycles. The van der Waals surface area contributed by atoms with Gasteiger partial charge in [-0.1, -0.05) is 159 Å². The van der Waals surface area contributed by atoms with Crippen molar-refractivity contribution in [2.45, 2.75) is 20.4 Å². The fourth-order valence-corrected chi connectivity index (χ4v) is 8.60. The third-order valence-electron chi connectivity index (χ3n) is 11.1. The number of furan rings is 1. The third-order valence-corrected chi connectivity index (χ3v) is 11.1. The molecule has 0 amide bonds. The van der Waals surface area contributed by atoms with Crippen LogP contribution in [0.5, 0.6) is 0 Å². The molecule has 3 heterocycles. The molecule has 0 bridgehead atoms. The van der Waals surface area contributed by atoms with Gasteiger partial charge in [0.25, 0.3) is 0 Å². The van der Waals surface area contributed by atoms with Crippen LogP contribution in [0.4, 0.5) is 0 Å². The van der Waals surface area contributed by atoms with Gasteiger partial charge in [0, 0.05) is 54.8 Å². The molecule has 0 fully saturated rings. The Kier molecular flexibility index (Phi) is 9.43. The van der Waals surface area contributed by atoms with E-state index in [-0.39, 0.29) is 0 Å². The Morgan fingerprint density at radius 3 is 1.75 bits per heavy atom. The summed E-state index contributed by atoms with van der Waals surface area (Å²) in [6, 6.07) is 65.1. The van der Waals surface area contributed by atoms with Gasteiger partial charge in [0.05, 0.1) is 28.6 Å². The number of hydrogen-bond acceptors (Lipinski definition) is 2. The molecule has 0 radical (unpaired) electrons. The minimum absolute atomic E-state index is 0.458. The van der Waals surface area contributed by atoms with Crippen molar-refractivity contribution in [3.63, 3.8) is 0 Å². The summed E-state index contributed by atoms with van der Waals surface area (Å²) in [5, 5.41) is 6.80. The van der Waals surface area contributed by atoms with E-state index in [1.807, 2.05) is 68.4 Å². The van der Waals surface area contributed by atoms with Crippen LogP contribution in [0.15, 0.2) is 207 Å². The van der Waals surface area contributed by atoms with E-state index < -0.39 is 0 Å². The molecule has 288 valence electrons. The molecule has 6 nitrogen and oxygen atoms in total. The molecule has 0 spiro atoms. The molecule has 0 unspecified atom stereocenters. The zero-order chi connectivity index (χ0) is 40.6. The van der Waals surface area contributed by atoms with Crippen molar-refractivity contribution in [2.75, 3.05) is 0 Å². The number of hydrogen-bond donors (Lipinski definition) is 0. The molecular formula is C54H41N5O. The van der Waals surface area contributed by atoms with Crippen molar-refractivity contribution in [1.29, 1.82) is 0 Å². The third kappa shape index (κ3) is 6.00. The van der Waals surface area contributed by atoms with E-state index in [0.29, 0.717) is 18.2 Å². The van der Waals surface area contributed by atoms with E-state index >= 15 is 0 Å². The lowest BCUT2D eigenvalue weighted by molar-refractivity contribution is 0.671. The lowest BCUT2D eigenvalue weighted by Gasteiger charge is -2.12. The Bertz CT molecular complexity index is 3430. The van der Waals surface area contributed by atoms with Crippen molar-refractivity contribution < 1.29 is 4.42 Å². The lowest BCUT2D eigenvalue weighted by atomic mass is 10.0. The standard InChI is InChI=1S/C52H35N5O.C2H6/c1-53-51(35-20-7-3-8-21-35)55-52(54-33-34-18-5-2-6-19-34)36-22-17-25-38(32-36)57-43-30-15-12-27-40(43)47-48-45(46-41-28-13-16-31-44(41)58-50(46)49(47)57)39-26-11-14-29-42(39)56(48)37-23-9-4-10-24-37;1-2/h2-32H,1,33H2;1-2H3. The van der Waals surface area contributed by atoms with Gasteiger partial charge in [0.2, 0.25) is 0 Å². The van der Waals surface area contributed by atoms with Gasteiger partial charge in [0.1, 0.15) is 5.58 Å². The summed E-state index contributed by atoms with van der Waals surface area (Å²) in [4.78, 5) is 14.6. The molecule has 8 aromatic carbocycles. The normalized spacial score (nSPS) is 12.2. The minimum atomic E-state index is 0.458. The van der Waals surface area contributed by atoms with Crippen LogP contribution >= 0.6 is 0 Å². The van der Waals surface area contributed by atoms with Gasteiger partial charge in [0.15, 0.2) is 17.3 Å². The quantitative estimate of drug-likeness (QED) is 0.123. The number of fused-ring (bicyclic) bond motifs is 12. The highest BCUT2D eigenvalue weighted by Gasteiger charge is 2.27. The number of amidine groups is 2. The molecular weight excluding hydrogens is 735 g/mol. The Morgan fingerprint density at radius 2 is 1.05 bits per heavy atom. The first kappa shape index (κ1) is 36.5. The fourth-order valence-electron chi connectivity index (χ4n) is 8.60. The van der Waals surface area contributed by atoms with Gasteiger partial charge >= 0.3 is 0 Å². The second-order valence-corrected chi connectivity index (χ2v) is 14.4. The van der Waals surface area contributed by atoms with E-state index in [1.54, 1.807) is 0 Å². The molecule has 60 heavy (non-hydrogen) atoms. The van der Waals surface area contributed by atoms with Crippen LogP contribution in [0.3, 0.4) is 0 Å². The van der Waals surface area contributed by atoms with Crippen molar-refractivity contribution in [3.05, 3.63) is 205 Å². The average molecular weight is 776 g/mol. The Morgan fingerprint density at radius 1 is 0.500 bits per heavy atom. The molecule has 0 aliphatic rings. The summed E-state index contributed by atoms with van der Waals surface area (Å²) < 4.78 is 11.8. The van der Waals surface area contributed by atoms with Crippen molar-refractivity contribution in [3.8, 4) is 11.4 Å². The van der Waals surface area contributed by atoms with E-state index in [0.717, 1.165) is 82.8 Å². The van der Waals surface area contributed by atoms with Gasteiger partial charge < -0.3 is 13.6 Å². The molecule has 0 saturated heterocycles. The predicted molar refractivity (Wildman–Crippen MR) is 253 cm³/mol. The molecule has 0 aliphatic heterocycles. The summed E-state index contributed by atoms with van der Waals surface area (Å²) in [6.07, 6.45) is 0. The molecule has 11 rings (SSSR count). The van der Waals surface area contributed by atoms with Gasteiger partial charge in [-0.3, -0.25) is 4.99 Å². The Hall–Kier alpha value is -7.83. The van der Waals surface area contributed by atoms with Crippen LogP contribution in [0.2, 0.25) is 0 Å². The zero-order valence-corrected chi connectivity index (χ0v) is 33.5. The number of aliphatic imine (C=N–C) groups is 3. The van der Waals surface area contributed by atoms with E-state index in [1.165, 1.54) is 10.8 Å². The zero-order valence-electron chi connectivity index (χ0n) is 33.5. The number of aromatic nitrogens is 2. The largest absolute Gasteiger partial charge is 0.454 e. The molecule has 6 heteroatoms. The smallest absolute Gasteiger partial charge is 0.161 e. The monoisotopic (exact) mass is 775 g/mol. The van der Waals surface area contributed by atoms with Crippen LogP contribution in [0, 0.1) is 0 Å². The number of nitrogens with zero attached hydrogens (tertiary/aromatic N) is 5. The minimum Gasteiger partial charge on any atom is -0.454 e. The molecule has 0 N–H and O–H groups in total. The topological polar surface area (TPSA) is 60.1 Å². The van der Waals surface area contributed by atoms with Gasteiger partial charge in [-0.25, -0.2) is 9.98 Å². The summed E-state index contributed by atoms with van der Waals surface area (Å²) in [7, 11) is 0. The lowest BCUT2D eigenvalue weighted by Crippen LogP contribution is -2.06. The van der Waals surface area contributed by atoms with Gasteiger partial charge in [-0.05, 0) is 54.7 Å². The highest BCUT2D eigenvalue weighted by atomic mass is 16.3. The first-order valence-corrected chi connectivity index (χ1v) is 20.4. The van der Waals surface area contributed by atoms with Crippen molar-refractivity contribution in [1.82, 2.24) is 9.13 Å². The van der Waals surface area contributed by atoms with Crippen LogP contribution in [-0.2, 0) is 6.54 Å². The van der Waals surface area contributed by atoms with Crippen molar-refractivity contribution >= 4 is 83.9 Å². The highest BCUT2D eigenvalue weighted by molar-refractivity contribution is 6.39. The fraction of sp³-hybridized carbons (Fsp3) is 0.0556. The predicted octanol–water partition coefficient (Wildman–Crippen LogP) is 13.9. The van der Waals surface area contributed by atoms with Crippen LogP contribution in [0.1, 0.15) is 30.5 Å². The second kappa shape index (κ2) is 15.5. The molecule has 0 saturated carbocycles. The Labute approximate surface area is 347 Å². The van der Waals surface area contributed by atoms with Gasteiger partial charge in [-0.15, -0.1) is 0 Å². The van der Waals surface area contributed by atoms with E-state index in [4.69, 9.17) is 14.4 Å². The number of benzene rings is 8. The first-order valence-electron chi connectivity index (χ1n) is 20.4. The van der Waals surface area contributed by atoms with Gasteiger partial charge in [-0.2, -0.15) is 0 Å². The first-order chi connectivity index (χ1) is 29.8. The SMILES string of the molecule is C=NC(=NC(=NCc1ccccc1)c1cccc(-n2c3ccccc3c3c2c2oc4ccccc4c2c2c4ccccc4n(-c4ccccc4)c23)c1)c1ccccc1.CC. The van der Waals surface area contributed by atoms with Crippen LogP contribution < -0.4 is 0 Å². The molecule has 11 aromatic rings. The maximum absolute atomic E-state index is 7.02. The molecule has 0 atom stereocenters. The summed E-state index contributed by atoms with van der Waals surface area (Å²) in [5.74, 6) is 1.08. The molecule has 0 aliphatic carbocycles. The highest BCUT2D eigenvalue weighted by Crippen LogP contribution is 2.49. The van der Waals surface area contributed by atoms with Crippen LogP contribution in [-0.4, -0.2) is 27.5 Å². The average Bonchev–Trinajstić information content (AvgIpc) is 3.99. The van der Waals surface area contributed by atoms with E-state index in [2.05, 4.69) is 154 Å². The summed E-state index contributed by atoms with van der Waals surface area (Å²) >= 11 is 0. The summed E-state index contributed by atoms with van der Waals surface area (Å²) in [5.41, 5.74) is 10.9. The second-order valence-electron chi connectivity index (χ2n) is 14.4. The number of rotatable bonds is 6. The maximum Gasteiger partial charge on any atom is 0.161 e.